The molecule has 3 heterocycles. The maximum atomic E-state index is 12.4. The molecule has 0 aliphatic carbocycles. The van der Waals surface area contributed by atoms with Gasteiger partial charge >= 0.3 is 5.97 Å². The molecule has 3 aliphatic rings. The molecule has 12 N–H and O–H groups in total. The molecule has 0 radical (unpaired) electrons. The number of rotatable bonds is 11. The van der Waals surface area contributed by atoms with E-state index in [4.69, 9.17) is 29.4 Å². The molecule has 0 saturated carbocycles. The molecule has 0 aromatic rings. The summed E-state index contributed by atoms with van der Waals surface area (Å²) in [7, 11) is 0. The van der Waals surface area contributed by atoms with Crippen LogP contribution in [0.1, 0.15) is 27.2 Å². The summed E-state index contributed by atoms with van der Waals surface area (Å²) in [6, 6.07) is -2.41. The molecular weight excluding hydrogens is 584 g/mol. The van der Waals surface area contributed by atoms with Crippen LogP contribution in [0.3, 0.4) is 0 Å². The van der Waals surface area contributed by atoms with Gasteiger partial charge in [0.25, 0.3) is 5.79 Å². The lowest BCUT2D eigenvalue weighted by atomic mass is 9.88. The minimum Gasteiger partial charge on any atom is -0.477 e. The van der Waals surface area contributed by atoms with Gasteiger partial charge in [-0.05, 0) is 6.92 Å². The lowest BCUT2D eigenvalue weighted by Crippen LogP contribution is -2.69. The van der Waals surface area contributed by atoms with Gasteiger partial charge < -0.3 is 80.7 Å². The minimum absolute atomic E-state index is 0.489. The third-order valence-corrected chi connectivity index (χ3v) is 8.23. The van der Waals surface area contributed by atoms with Crippen molar-refractivity contribution < 1.29 is 79.2 Å². The van der Waals surface area contributed by atoms with Crippen molar-refractivity contribution in [2.45, 2.75) is 118 Å². The number of hydrogen-bond acceptors (Lipinski definition) is 16. The van der Waals surface area contributed by atoms with E-state index in [1.807, 2.05) is 0 Å². The number of aliphatic hydroxyl groups is 8. The summed E-state index contributed by atoms with van der Waals surface area (Å²) in [5.74, 6) is -5.75. The highest BCUT2D eigenvalue weighted by Gasteiger charge is 2.57. The van der Waals surface area contributed by atoms with Crippen LogP contribution in [-0.2, 0) is 33.3 Å². The number of hydrogen-bond donors (Lipinski definition) is 11. The van der Waals surface area contributed by atoms with Gasteiger partial charge in [-0.1, -0.05) is 6.92 Å². The average Bonchev–Trinajstić information content (AvgIpc) is 2.96. The van der Waals surface area contributed by atoms with Crippen LogP contribution in [0, 0.1) is 5.92 Å². The molecule has 3 saturated heterocycles. The molecule has 3 aliphatic heterocycles. The smallest absolute Gasteiger partial charge is 0.364 e. The molecule has 250 valence electrons. The van der Waals surface area contributed by atoms with E-state index in [-0.39, 0.29) is 0 Å². The Morgan fingerprint density at radius 1 is 1.05 bits per heavy atom. The highest BCUT2D eigenvalue weighted by atomic mass is 16.7. The number of carbonyl (C=O) groups excluding carboxylic acids is 1. The Hall–Kier alpha value is -1.62. The summed E-state index contributed by atoms with van der Waals surface area (Å²) in [6.07, 6.45) is -18.5. The molecule has 0 aromatic carbocycles. The van der Waals surface area contributed by atoms with Gasteiger partial charge in [-0.25, -0.2) is 4.79 Å². The van der Waals surface area contributed by atoms with Crippen molar-refractivity contribution in [3.63, 3.8) is 0 Å². The van der Waals surface area contributed by atoms with Crippen molar-refractivity contribution in [3.05, 3.63) is 0 Å². The molecule has 18 heteroatoms. The number of amides is 1. The zero-order valence-electron chi connectivity index (χ0n) is 23.9. The summed E-state index contributed by atoms with van der Waals surface area (Å²) >= 11 is 0. The number of carbonyl (C=O) groups is 2. The van der Waals surface area contributed by atoms with Crippen LogP contribution in [0.5, 0.6) is 0 Å². The number of aliphatic hydroxyl groups excluding tert-OH is 8. The van der Waals surface area contributed by atoms with Gasteiger partial charge in [-0.15, -0.1) is 0 Å². The van der Waals surface area contributed by atoms with Crippen molar-refractivity contribution in [2.75, 3.05) is 19.8 Å². The Kier molecular flexibility index (Phi) is 12.2. The van der Waals surface area contributed by atoms with Crippen molar-refractivity contribution in [1.82, 2.24) is 5.32 Å². The number of carboxylic acids is 1. The molecular formula is C25H44N2O16. The van der Waals surface area contributed by atoms with Crippen molar-refractivity contribution >= 4 is 11.9 Å². The maximum Gasteiger partial charge on any atom is 0.364 e. The van der Waals surface area contributed by atoms with E-state index in [0.717, 1.165) is 6.92 Å². The Labute approximate surface area is 246 Å². The largest absolute Gasteiger partial charge is 0.477 e. The first-order valence-corrected chi connectivity index (χ1v) is 13.9. The normalized spacial score (nSPS) is 45.3. The first-order valence-electron chi connectivity index (χ1n) is 13.9. The van der Waals surface area contributed by atoms with Gasteiger partial charge in [-0.2, -0.15) is 0 Å². The molecule has 16 atom stereocenters. The summed E-state index contributed by atoms with van der Waals surface area (Å²) in [5.41, 5.74) is 6.19. The second kappa shape index (κ2) is 14.6. The highest BCUT2D eigenvalue weighted by Crippen LogP contribution is 2.35. The zero-order valence-corrected chi connectivity index (χ0v) is 23.9. The van der Waals surface area contributed by atoms with E-state index in [2.05, 4.69) is 5.32 Å². The van der Waals surface area contributed by atoms with Crippen molar-refractivity contribution in [3.8, 4) is 0 Å². The predicted molar refractivity (Wildman–Crippen MR) is 139 cm³/mol. The molecule has 0 aromatic heterocycles. The second-order valence-electron chi connectivity index (χ2n) is 11.3. The molecule has 1 amide bonds. The maximum absolute atomic E-state index is 12.4. The summed E-state index contributed by atoms with van der Waals surface area (Å²) in [5, 5.41) is 94.6. The monoisotopic (exact) mass is 628 g/mol. The number of nitrogens with one attached hydrogen (secondary N) is 1. The highest BCUT2D eigenvalue weighted by molar-refractivity contribution is 5.76. The topological polar surface area (TPSA) is 300 Å². The van der Waals surface area contributed by atoms with Crippen LogP contribution in [0.15, 0.2) is 0 Å². The van der Waals surface area contributed by atoms with E-state index >= 15 is 0 Å². The minimum atomic E-state index is -2.69. The second-order valence-corrected chi connectivity index (χ2v) is 11.3. The Morgan fingerprint density at radius 2 is 1.70 bits per heavy atom. The Bertz CT molecular complexity index is 945. The van der Waals surface area contributed by atoms with Gasteiger partial charge in [0, 0.05) is 19.3 Å². The van der Waals surface area contributed by atoms with E-state index < -0.39 is 135 Å². The quantitative estimate of drug-likeness (QED) is 0.101. The molecule has 15 unspecified atom stereocenters. The fraction of sp³-hybridized carbons (Fsp3) is 0.920. The fourth-order valence-corrected chi connectivity index (χ4v) is 5.50. The summed E-state index contributed by atoms with van der Waals surface area (Å²) in [6.45, 7) is 2.03. The lowest BCUT2D eigenvalue weighted by molar-refractivity contribution is -0.335. The lowest BCUT2D eigenvalue weighted by Gasteiger charge is -2.48. The Morgan fingerprint density at radius 3 is 2.26 bits per heavy atom. The van der Waals surface area contributed by atoms with Gasteiger partial charge in [0.1, 0.15) is 42.7 Å². The molecule has 0 bridgehead atoms. The van der Waals surface area contributed by atoms with Crippen LogP contribution in [0.2, 0.25) is 0 Å². The van der Waals surface area contributed by atoms with Crippen molar-refractivity contribution in [2.24, 2.45) is 11.7 Å². The van der Waals surface area contributed by atoms with Gasteiger partial charge in [-0.3, -0.25) is 4.79 Å². The fourth-order valence-electron chi connectivity index (χ4n) is 5.50. The van der Waals surface area contributed by atoms with Gasteiger partial charge in [0.15, 0.2) is 6.29 Å². The third-order valence-electron chi connectivity index (χ3n) is 8.23. The molecule has 0 spiro atoms. The number of ether oxygens (including phenoxy) is 5. The van der Waals surface area contributed by atoms with Crippen LogP contribution < -0.4 is 11.1 Å². The van der Waals surface area contributed by atoms with E-state index in [9.17, 15) is 55.5 Å². The van der Waals surface area contributed by atoms with Gasteiger partial charge in [0.05, 0.1) is 56.3 Å². The molecule has 3 rings (SSSR count). The standard InChI is InChI=1S/C25H44N2O16/c1-8-13(6-29)41-23(20(36)17(8)33)42-21-15(26)9(2)40-14(19(21)35)7-39-25(24(37)38)4-11(31)16(27-10(3)30)22(43-25)18(34)12(32)5-28/h8-9,11-23,28-29,31-36H,4-7,26H2,1-3H3,(H,27,30)(H,37,38)/t8?,9?,11?,12?,13?,14?,15?,16?,17?,18-,19?,20?,21?,22?,23?,25?/m1/s1. The Balaban J connectivity index is 1.81. The zero-order chi connectivity index (χ0) is 32.4. The van der Waals surface area contributed by atoms with Gasteiger partial charge in [0.2, 0.25) is 5.91 Å². The van der Waals surface area contributed by atoms with Crippen LogP contribution in [0.25, 0.3) is 0 Å². The summed E-state index contributed by atoms with van der Waals surface area (Å²) < 4.78 is 28.2. The molecule has 18 nitrogen and oxygen atoms in total. The van der Waals surface area contributed by atoms with Crippen LogP contribution in [0.4, 0.5) is 0 Å². The van der Waals surface area contributed by atoms with Crippen LogP contribution in [-0.4, -0.2) is 169 Å². The first kappa shape index (κ1) is 35.9. The number of aliphatic carboxylic acids is 1. The third kappa shape index (κ3) is 7.61. The summed E-state index contributed by atoms with van der Waals surface area (Å²) in [4.78, 5) is 24.1. The van der Waals surface area contributed by atoms with E-state index in [0.29, 0.717) is 0 Å². The molecule has 3 fully saturated rings. The van der Waals surface area contributed by atoms with E-state index in [1.165, 1.54) is 6.92 Å². The average molecular weight is 629 g/mol. The number of carboxylic acid groups (broad SMARTS) is 1. The van der Waals surface area contributed by atoms with Crippen LogP contribution >= 0.6 is 0 Å². The molecule has 43 heavy (non-hydrogen) atoms. The SMILES string of the molecule is CC(=O)NC1C(O)CC(OCC2OC(C)C(N)C(OC3OC(CO)C(C)C(O)C3O)C2O)(C(=O)O)OC1[C@H](O)C(O)CO. The predicted octanol–water partition coefficient (Wildman–Crippen LogP) is -5.91. The van der Waals surface area contributed by atoms with E-state index in [1.54, 1.807) is 6.92 Å². The first-order chi connectivity index (χ1) is 20.1. The van der Waals surface area contributed by atoms with Crippen molar-refractivity contribution in [1.29, 1.82) is 0 Å². The number of nitrogens with two attached hydrogens (primary N) is 1.